The molecule has 0 bridgehead atoms. The van der Waals surface area contributed by atoms with Crippen LogP contribution in [0.1, 0.15) is 219 Å². The summed E-state index contributed by atoms with van der Waals surface area (Å²) in [6, 6.07) is -0.710. The molecule has 0 saturated carbocycles. The lowest BCUT2D eigenvalue weighted by Crippen LogP contribution is -2.60. The molecule has 7 atom stereocenters. The molecule has 7 unspecified atom stereocenters. The Morgan fingerprint density at radius 1 is 0.566 bits per heavy atom. The summed E-state index contributed by atoms with van der Waals surface area (Å²) in [5, 5.41) is 54.2. The van der Waals surface area contributed by atoms with E-state index >= 15 is 0 Å². The molecule has 9 nitrogen and oxygen atoms in total. The number of hydrogen-bond acceptors (Lipinski definition) is 8. The van der Waals surface area contributed by atoms with E-state index in [1.165, 1.54) is 154 Å². The summed E-state index contributed by atoms with van der Waals surface area (Å²) < 4.78 is 11.2. The second kappa shape index (κ2) is 35.6. The summed E-state index contributed by atoms with van der Waals surface area (Å²) in [7, 11) is 0. The summed E-state index contributed by atoms with van der Waals surface area (Å²) in [5.41, 5.74) is 0. The van der Waals surface area contributed by atoms with E-state index in [2.05, 4.69) is 19.2 Å². The van der Waals surface area contributed by atoms with Gasteiger partial charge in [0.15, 0.2) is 6.29 Å². The number of amides is 1. The quantitative estimate of drug-likeness (QED) is 0.0342. The van der Waals surface area contributed by atoms with Crippen molar-refractivity contribution in [2.45, 2.75) is 262 Å². The Hall–Kier alpha value is -0.810. The molecule has 0 aromatic heterocycles. The molecular formula is C44H87NO8. The number of nitrogens with one attached hydrogen (secondary N) is 1. The van der Waals surface area contributed by atoms with Crippen molar-refractivity contribution in [2.75, 3.05) is 13.2 Å². The first kappa shape index (κ1) is 50.2. The van der Waals surface area contributed by atoms with Gasteiger partial charge in [0.1, 0.15) is 24.4 Å². The van der Waals surface area contributed by atoms with Crippen molar-refractivity contribution in [1.82, 2.24) is 5.32 Å². The molecule has 0 radical (unpaired) electrons. The number of ether oxygens (including phenoxy) is 2. The van der Waals surface area contributed by atoms with E-state index in [1.54, 1.807) is 0 Å². The fourth-order valence-electron chi connectivity index (χ4n) is 7.51. The molecule has 1 amide bonds. The highest BCUT2D eigenvalue weighted by Crippen LogP contribution is 2.23. The average Bonchev–Trinajstić information content (AvgIpc) is 3.16. The summed E-state index contributed by atoms with van der Waals surface area (Å²) in [6.45, 7) is 3.83. The van der Waals surface area contributed by atoms with Crippen LogP contribution in [-0.4, -0.2) is 87.5 Å². The van der Waals surface area contributed by atoms with Gasteiger partial charge in [0.05, 0.1) is 25.4 Å². The van der Waals surface area contributed by atoms with Crippen LogP contribution in [0.5, 0.6) is 0 Å². The minimum absolute atomic E-state index is 0.132. The van der Waals surface area contributed by atoms with Crippen LogP contribution in [0.3, 0.4) is 0 Å². The highest BCUT2D eigenvalue weighted by atomic mass is 16.7. The van der Waals surface area contributed by atoms with Gasteiger partial charge in [-0.05, 0) is 12.8 Å². The zero-order valence-electron chi connectivity index (χ0n) is 34.5. The molecule has 1 heterocycles. The van der Waals surface area contributed by atoms with Gasteiger partial charge < -0.3 is 40.3 Å². The SMILES string of the molecule is CCCCCCCCCCCCCCCCCCCCCCC(=O)NC(COC1OC(CO)C(O)C(O)C1O)C(O)CCCCCCCCCCCC. The van der Waals surface area contributed by atoms with Crippen molar-refractivity contribution in [3.05, 3.63) is 0 Å². The fourth-order valence-corrected chi connectivity index (χ4v) is 7.51. The van der Waals surface area contributed by atoms with Gasteiger partial charge in [-0.1, -0.05) is 200 Å². The third kappa shape index (κ3) is 26.6. The molecule has 316 valence electrons. The van der Waals surface area contributed by atoms with Gasteiger partial charge in [0, 0.05) is 6.42 Å². The number of rotatable bonds is 38. The molecular weight excluding hydrogens is 670 g/mol. The van der Waals surface area contributed by atoms with Gasteiger partial charge in [0.25, 0.3) is 0 Å². The van der Waals surface area contributed by atoms with Crippen LogP contribution in [-0.2, 0) is 14.3 Å². The fraction of sp³-hybridized carbons (Fsp3) is 0.977. The summed E-state index contributed by atoms with van der Waals surface area (Å²) in [4.78, 5) is 12.9. The van der Waals surface area contributed by atoms with Crippen LogP contribution in [0, 0.1) is 0 Å². The first-order chi connectivity index (χ1) is 25.8. The van der Waals surface area contributed by atoms with Crippen LogP contribution in [0.2, 0.25) is 0 Å². The second-order valence-corrected chi connectivity index (χ2v) is 16.2. The maximum absolute atomic E-state index is 12.9. The van der Waals surface area contributed by atoms with Crippen LogP contribution in [0.15, 0.2) is 0 Å². The van der Waals surface area contributed by atoms with Gasteiger partial charge >= 0.3 is 0 Å². The van der Waals surface area contributed by atoms with Crippen molar-refractivity contribution >= 4 is 5.91 Å². The standard InChI is InChI=1S/C44H87NO8/c1-3-5-7-9-11-13-15-16-17-18-19-20-21-22-23-24-26-28-30-32-34-40(48)45-37(36-52-44-43(51)42(50)41(49)39(35-46)53-44)38(47)33-31-29-27-25-14-12-10-8-6-4-2/h37-39,41-44,46-47,49-51H,3-36H2,1-2H3,(H,45,48). The number of unbranched alkanes of at least 4 members (excludes halogenated alkanes) is 28. The molecule has 6 N–H and O–H groups in total. The Balaban J connectivity index is 2.26. The first-order valence-electron chi connectivity index (χ1n) is 22.7. The molecule has 1 aliphatic rings. The zero-order valence-corrected chi connectivity index (χ0v) is 34.5. The molecule has 0 aliphatic carbocycles. The number of aliphatic hydroxyl groups excluding tert-OH is 5. The lowest BCUT2D eigenvalue weighted by molar-refractivity contribution is -0.302. The first-order valence-corrected chi connectivity index (χ1v) is 22.7. The van der Waals surface area contributed by atoms with Crippen LogP contribution < -0.4 is 5.32 Å². The van der Waals surface area contributed by atoms with E-state index in [1.807, 2.05) is 0 Å². The summed E-state index contributed by atoms with van der Waals surface area (Å²) in [6.07, 6.45) is 31.2. The molecule has 0 spiro atoms. The van der Waals surface area contributed by atoms with Crippen molar-refractivity contribution in [3.8, 4) is 0 Å². The maximum atomic E-state index is 12.9. The Morgan fingerprint density at radius 2 is 0.943 bits per heavy atom. The number of carbonyl (C=O) groups excluding carboxylic acids is 1. The van der Waals surface area contributed by atoms with E-state index in [4.69, 9.17) is 9.47 Å². The van der Waals surface area contributed by atoms with Crippen molar-refractivity contribution < 1.29 is 39.8 Å². The third-order valence-electron chi connectivity index (χ3n) is 11.2. The van der Waals surface area contributed by atoms with Gasteiger partial charge in [-0.2, -0.15) is 0 Å². The molecule has 1 saturated heterocycles. The van der Waals surface area contributed by atoms with Crippen molar-refractivity contribution in [2.24, 2.45) is 0 Å². The molecule has 53 heavy (non-hydrogen) atoms. The van der Waals surface area contributed by atoms with E-state index < -0.39 is 49.5 Å². The number of hydrogen-bond donors (Lipinski definition) is 6. The highest BCUT2D eigenvalue weighted by Gasteiger charge is 2.44. The molecule has 0 aromatic carbocycles. The predicted molar refractivity (Wildman–Crippen MR) is 217 cm³/mol. The van der Waals surface area contributed by atoms with Gasteiger partial charge in [-0.15, -0.1) is 0 Å². The summed E-state index contributed by atoms with van der Waals surface area (Å²) >= 11 is 0. The highest BCUT2D eigenvalue weighted by molar-refractivity contribution is 5.76. The molecule has 1 rings (SSSR count). The second-order valence-electron chi connectivity index (χ2n) is 16.2. The third-order valence-corrected chi connectivity index (χ3v) is 11.2. The van der Waals surface area contributed by atoms with E-state index in [-0.39, 0.29) is 12.5 Å². The van der Waals surface area contributed by atoms with E-state index in [9.17, 15) is 30.3 Å². The minimum atomic E-state index is -1.55. The van der Waals surface area contributed by atoms with Crippen molar-refractivity contribution in [1.29, 1.82) is 0 Å². The maximum Gasteiger partial charge on any atom is 0.220 e. The van der Waals surface area contributed by atoms with Crippen LogP contribution in [0.25, 0.3) is 0 Å². The average molecular weight is 758 g/mol. The van der Waals surface area contributed by atoms with E-state index in [0.29, 0.717) is 12.8 Å². The Labute approximate surface area is 325 Å². The van der Waals surface area contributed by atoms with Gasteiger partial charge in [0.2, 0.25) is 5.91 Å². The Kier molecular flexibility index (Phi) is 33.7. The Morgan fingerprint density at radius 3 is 1.34 bits per heavy atom. The summed E-state index contributed by atoms with van der Waals surface area (Å²) in [5.74, 6) is -0.142. The topological polar surface area (TPSA) is 149 Å². The lowest BCUT2D eigenvalue weighted by Gasteiger charge is -2.40. The van der Waals surface area contributed by atoms with Gasteiger partial charge in [-0.3, -0.25) is 4.79 Å². The predicted octanol–water partition coefficient (Wildman–Crippen LogP) is 9.17. The van der Waals surface area contributed by atoms with Crippen LogP contribution in [0.4, 0.5) is 0 Å². The Bertz CT molecular complexity index is 801. The van der Waals surface area contributed by atoms with E-state index in [0.717, 1.165) is 38.5 Å². The molecule has 1 fully saturated rings. The van der Waals surface area contributed by atoms with Gasteiger partial charge in [-0.25, -0.2) is 0 Å². The smallest absolute Gasteiger partial charge is 0.220 e. The molecule has 1 aliphatic heterocycles. The molecule has 9 heteroatoms. The largest absolute Gasteiger partial charge is 0.394 e. The lowest BCUT2D eigenvalue weighted by atomic mass is 9.99. The zero-order chi connectivity index (χ0) is 38.8. The molecule has 0 aromatic rings. The monoisotopic (exact) mass is 758 g/mol. The minimum Gasteiger partial charge on any atom is -0.394 e. The van der Waals surface area contributed by atoms with Crippen molar-refractivity contribution in [3.63, 3.8) is 0 Å². The normalized spacial score (nSPS) is 21.5. The number of carbonyl (C=O) groups is 1. The number of aliphatic hydroxyl groups is 5. The van der Waals surface area contributed by atoms with Crippen LogP contribution >= 0.6 is 0 Å².